The number of anilines is 1. The maximum atomic E-state index is 11.5. The number of rotatable bonds is 6. The van der Waals surface area contributed by atoms with Gasteiger partial charge in [-0.1, -0.05) is 0 Å². The fourth-order valence-electron chi connectivity index (χ4n) is 1.36. The van der Waals surface area contributed by atoms with E-state index in [0.717, 1.165) is 5.56 Å². The van der Waals surface area contributed by atoms with Gasteiger partial charge in [0.2, 0.25) is 5.91 Å². The van der Waals surface area contributed by atoms with Crippen LogP contribution in [0.1, 0.15) is 5.56 Å². The first-order chi connectivity index (χ1) is 8.13. The minimum Gasteiger partial charge on any atom is -0.508 e. The highest BCUT2D eigenvalue weighted by molar-refractivity contribution is 5.93. The molecule has 1 aromatic rings. The first-order valence-electron chi connectivity index (χ1n) is 5.42. The smallest absolute Gasteiger partial charge is 0.238 e. The Labute approximate surface area is 101 Å². The third-order valence-electron chi connectivity index (χ3n) is 2.25. The average molecular weight is 238 g/mol. The molecule has 1 aromatic carbocycles. The van der Waals surface area contributed by atoms with Crippen molar-refractivity contribution in [3.05, 3.63) is 23.8 Å². The Bertz CT molecular complexity index is 380. The molecule has 0 aliphatic heterocycles. The molecule has 0 radical (unpaired) electrons. The largest absolute Gasteiger partial charge is 0.508 e. The normalized spacial score (nSPS) is 10.2. The summed E-state index contributed by atoms with van der Waals surface area (Å²) in [6.45, 7) is 3.28. The zero-order valence-corrected chi connectivity index (χ0v) is 10.1. The van der Waals surface area contributed by atoms with Crippen LogP contribution in [0.2, 0.25) is 0 Å². The number of hydrogen-bond acceptors (Lipinski definition) is 4. The molecular weight excluding hydrogens is 220 g/mol. The predicted octanol–water partition coefficient (Wildman–Crippen LogP) is 0.875. The Balaban J connectivity index is 2.40. The van der Waals surface area contributed by atoms with Gasteiger partial charge in [0.1, 0.15) is 5.75 Å². The molecule has 5 heteroatoms. The molecule has 17 heavy (non-hydrogen) atoms. The lowest BCUT2D eigenvalue weighted by atomic mass is 10.2. The number of carbonyl (C=O) groups is 1. The number of nitrogens with one attached hydrogen (secondary N) is 2. The Hall–Kier alpha value is -1.59. The van der Waals surface area contributed by atoms with Gasteiger partial charge in [-0.15, -0.1) is 0 Å². The van der Waals surface area contributed by atoms with E-state index in [9.17, 15) is 9.90 Å². The molecule has 0 unspecified atom stereocenters. The molecule has 0 fully saturated rings. The van der Waals surface area contributed by atoms with Crippen LogP contribution in [0.5, 0.6) is 5.75 Å². The molecule has 1 amide bonds. The number of hydrogen-bond donors (Lipinski definition) is 3. The maximum absolute atomic E-state index is 11.5. The minimum atomic E-state index is -0.116. The lowest BCUT2D eigenvalue weighted by Crippen LogP contribution is -2.30. The molecule has 1 rings (SSSR count). The van der Waals surface area contributed by atoms with Crippen molar-refractivity contribution in [2.24, 2.45) is 0 Å². The highest BCUT2D eigenvalue weighted by Crippen LogP contribution is 2.19. The van der Waals surface area contributed by atoms with Gasteiger partial charge in [0, 0.05) is 19.3 Å². The molecule has 0 spiro atoms. The van der Waals surface area contributed by atoms with Crippen molar-refractivity contribution in [3.63, 3.8) is 0 Å². The van der Waals surface area contributed by atoms with Crippen LogP contribution in [-0.2, 0) is 9.53 Å². The molecule has 3 N–H and O–H groups in total. The van der Waals surface area contributed by atoms with Crippen LogP contribution in [0.25, 0.3) is 0 Å². The molecule has 0 saturated heterocycles. The lowest BCUT2D eigenvalue weighted by Gasteiger charge is -2.09. The second-order valence-corrected chi connectivity index (χ2v) is 3.72. The van der Waals surface area contributed by atoms with E-state index in [4.69, 9.17) is 4.74 Å². The number of ether oxygens (including phenoxy) is 1. The molecule has 0 aliphatic carbocycles. The van der Waals surface area contributed by atoms with Gasteiger partial charge in [-0.3, -0.25) is 4.79 Å². The summed E-state index contributed by atoms with van der Waals surface area (Å²) in [6, 6.07) is 4.83. The second kappa shape index (κ2) is 6.88. The van der Waals surface area contributed by atoms with Gasteiger partial charge < -0.3 is 20.5 Å². The van der Waals surface area contributed by atoms with Gasteiger partial charge in [-0.25, -0.2) is 0 Å². The number of amides is 1. The zero-order chi connectivity index (χ0) is 12.7. The van der Waals surface area contributed by atoms with E-state index in [1.807, 2.05) is 6.92 Å². The van der Waals surface area contributed by atoms with Crippen LogP contribution in [0, 0.1) is 6.92 Å². The zero-order valence-electron chi connectivity index (χ0n) is 10.1. The number of aromatic hydroxyl groups is 1. The van der Waals surface area contributed by atoms with Gasteiger partial charge in [0.25, 0.3) is 0 Å². The van der Waals surface area contributed by atoms with Crippen LogP contribution in [0.4, 0.5) is 5.69 Å². The summed E-state index contributed by atoms with van der Waals surface area (Å²) in [5.41, 5.74) is 1.54. The highest BCUT2D eigenvalue weighted by Gasteiger charge is 2.04. The first kappa shape index (κ1) is 13.5. The molecular formula is C12H18N2O3. The van der Waals surface area contributed by atoms with Crippen molar-refractivity contribution in [3.8, 4) is 5.75 Å². The number of phenolic OH excluding ortho intramolecular Hbond substituents is 1. The fraction of sp³-hybridized carbons (Fsp3) is 0.417. The summed E-state index contributed by atoms with van der Waals surface area (Å²) in [7, 11) is 1.61. The van der Waals surface area contributed by atoms with Crippen molar-refractivity contribution in [2.45, 2.75) is 6.92 Å². The van der Waals surface area contributed by atoms with E-state index in [1.54, 1.807) is 25.3 Å². The number of phenols is 1. The average Bonchev–Trinajstić information content (AvgIpc) is 2.28. The van der Waals surface area contributed by atoms with E-state index < -0.39 is 0 Å². The van der Waals surface area contributed by atoms with Crippen molar-refractivity contribution >= 4 is 11.6 Å². The van der Waals surface area contributed by atoms with E-state index in [0.29, 0.717) is 18.8 Å². The fourth-order valence-corrected chi connectivity index (χ4v) is 1.36. The first-order valence-corrected chi connectivity index (χ1v) is 5.42. The van der Waals surface area contributed by atoms with Crippen LogP contribution in [0.3, 0.4) is 0 Å². The highest BCUT2D eigenvalue weighted by atomic mass is 16.5. The summed E-state index contributed by atoms with van der Waals surface area (Å²) in [4.78, 5) is 11.5. The molecule has 5 nitrogen and oxygen atoms in total. The van der Waals surface area contributed by atoms with Crippen molar-refractivity contribution in [1.82, 2.24) is 5.32 Å². The van der Waals surface area contributed by atoms with Gasteiger partial charge in [-0.05, 0) is 30.7 Å². The van der Waals surface area contributed by atoms with E-state index in [-0.39, 0.29) is 18.2 Å². The molecule has 0 bridgehead atoms. The second-order valence-electron chi connectivity index (χ2n) is 3.72. The lowest BCUT2D eigenvalue weighted by molar-refractivity contribution is -0.115. The van der Waals surface area contributed by atoms with E-state index in [1.165, 1.54) is 0 Å². The van der Waals surface area contributed by atoms with E-state index >= 15 is 0 Å². The van der Waals surface area contributed by atoms with Gasteiger partial charge in [0.05, 0.1) is 13.2 Å². The third-order valence-corrected chi connectivity index (χ3v) is 2.25. The minimum absolute atomic E-state index is 0.116. The molecule has 94 valence electrons. The number of carbonyl (C=O) groups excluding carboxylic acids is 1. The topological polar surface area (TPSA) is 70.6 Å². The van der Waals surface area contributed by atoms with Crippen LogP contribution < -0.4 is 10.6 Å². The van der Waals surface area contributed by atoms with Crippen molar-refractivity contribution in [2.75, 3.05) is 32.1 Å². The van der Waals surface area contributed by atoms with Gasteiger partial charge in [0.15, 0.2) is 0 Å². The summed E-state index contributed by atoms with van der Waals surface area (Å²) in [6.07, 6.45) is 0. The third kappa shape index (κ3) is 4.84. The predicted molar refractivity (Wildman–Crippen MR) is 66.2 cm³/mol. The number of aryl methyl sites for hydroxylation is 1. The van der Waals surface area contributed by atoms with Crippen LogP contribution >= 0.6 is 0 Å². The number of methoxy groups -OCH3 is 1. The van der Waals surface area contributed by atoms with Crippen LogP contribution in [-0.4, -0.2) is 37.8 Å². The van der Waals surface area contributed by atoms with Crippen molar-refractivity contribution in [1.29, 1.82) is 0 Å². The van der Waals surface area contributed by atoms with Gasteiger partial charge >= 0.3 is 0 Å². The summed E-state index contributed by atoms with van der Waals surface area (Å²) < 4.78 is 4.85. The standard InChI is InChI=1S/C12H18N2O3/c1-9-7-10(15)3-4-11(9)14-12(16)8-13-5-6-17-2/h3-4,7,13,15H,5-6,8H2,1-2H3,(H,14,16). The quantitative estimate of drug-likeness (QED) is 0.508. The van der Waals surface area contributed by atoms with Gasteiger partial charge in [-0.2, -0.15) is 0 Å². The Morgan fingerprint density at radius 3 is 2.88 bits per heavy atom. The van der Waals surface area contributed by atoms with Crippen LogP contribution in [0.15, 0.2) is 18.2 Å². The maximum Gasteiger partial charge on any atom is 0.238 e. The molecule has 0 saturated carbocycles. The number of benzene rings is 1. The molecule has 0 aliphatic rings. The molecule has 0 atom stereocenters. The molecule has 0 heterocycles. The summed E-state index contributed by atoms with van der Waals surface area (Å²) in [5, 5.41) is 14.9. The SMILES string of the molecule is COCCNCC(=O)Nc1ccc(O)cc1C. The van der Waals surface area contributed by atoms with E-state index in [2.05, 4.69) is 10.6 Å². The monoisotopic (exact) mass is 238 g/mol. The van der Waals surface area contributed by atoms with Crippen molar-refractivity contribution < 1.29 is 14.6 Å². The summed E-state index contributed by atoms with van der Waals surface area (Å²) >= 11 is 0. The Morgan fingerprint density at radius 1 is 1.47 bits per heavy atom. The Kier molecular flexibility index (Phi) is 5.45. The Morgan fingerprint density at radius 2 is 2.24 bits per heavy atom. The summed E-state index contributed by atoms with van der Waals surface area (Å²) in [5.74, 6) is 0.0774. The molecule has 0 aromatic heterocycles.